The maximum absolute atomic E-state index is 14.4. The number of nitrogens with zero attached hydrogens (tertiary/aromatic N) is 1. The van der Waals surface area contributed by atoms with Gasteiger partial charge in [-0.15, -0.1) is 0 Å². The minimum Gasteiger partial charge on any atom is -0.341 e. The van der Waals surface area contributed by atoms with Crippen LogP contribution < -0.4 is 0 Å². The van der Waals surface area contributed by atoms with Gasteiger partial charge in [0, 0.05) is 13.1 Å². The van der Waals surface area contributed by atoms with Gasteiger partial charge in [0.2, 0.25) is 5.91 Å². The van der Waals surface area contributed by atoms with E-state index in [1.54, 1.807) is 0 Å². The summed E-state index contributed by atoms with van der Waals surface area (Å²) in [7, 11) is 0. The van der Waals surface area contributed by atoms with Crippen molar-refractivity contribution in [2.24, 2.45) is 39.9 Å². The van der Waals surface area contributed by atoms with E-state index in [-0.39, 0.29) is 16.7 Å². The largest absolute Gasteiger partial charge is 0.341 e. The Labute approximate surface area is 182 Å². The number of likely N-dealkylation sites (tertiary alicyclic amines) is 1. The summed E-state index contributed by atoms with van der Waals surface area (Å²) in [5.74, 6) is 3.85. The number of amides is 1. The molecule has 1 aliphatic heterocycles. The summed E-state index contributed by atoms with van der Waals surface area (Å²) in [5, 5.41) is 0. The van der Waals surface area contributed by atoms with E-state index >= 15 is 0 Å². The van der Waals surface area contributed by atoms with E-state index < -0.39 is 0 Å². The third-order valence-corrected chi connectivity index (χ3v) is 11.0. The van der Waals surface area contributed by atoms with E-state index in [2.05, 4.69) is 56.0 Å². The fourth-order valence-electron chi connectivity index (χ4n) is 9.31. The van der Waals surface area contributed by atoms with Crippen LogP contribution in [-0.4, -0.2) is 23.9 Å². The highest BCUT2D eigenvalue weighted by Crippen LogP contribution is 2.65. The van der Waals surface area contributed by atoms with Gasteiger partial charge in [-0.1, -0.05) is 51.1 Å². The summed E-state index contributed by atoms with van der Waals surface area (Å²) in [4.78, 5) is 16.7. The molecule has 162 valence electrons. The van der Waals surface area contributed by atoms with E-state index in [9.17, 15) is 4.79 Å². The van der Waals surface area contributed by atoms with Gasteiger partial charge in [-0.25, -0.2) is 0 Å². The van der Waals surface area contributed by atoms with E-state index in [4.69, 9.17) is 0 Å². The number of fused-ring (bicyclic) bond motifs is 2. The van der Waals surface area contributed by atoms with Crippen molar-refractivity contribution in [1.82, 2.24) is 4.90 Å². The Hall–Kier alpha value is -1.31. The Morgan fingerprint density at radius 1 is 0.967 bits per heavy atom. The number of carbonyl (C=O) groups excluding carboxylic acids is 1. The molecule has 0 spiro atoms. The predicted octanol–water partition coefficient (Wildman–Crippen LogP) is 6.27. The highest BCUT2D eigenvalue weighted by molar-refractivity contribution is 5.85. The van der Waals surface area contributed by atoms with Crippen LogP contribution in [0, 0.1) is 39.9 Å². The normalized spacial score (nSPS) is 44.3. The number of hydrogen-bond acceptors (Lipinski definition) is 1. The molecule has 1 heterocycles. The number of hydrogen-bond donors (Lipinski definition) is 0. The van der Waals surface area contributed by atoms with Crippen LogP contribution in [0.3, 0.4) is 0 Å². The van der Waals surface area contributed by atoms with Gasteiger partial charge in [0.1, 0.15) is 0 Å². The molecule has 6 aliphatic rings. The Morgan fingerprint density at radius 3 is 2.13 bits per heavy atom. The molecular formula is C28H39NO. The molecule has 1 amide bonds. The SMILES string of the molecule is CC1(C)C2CC[C@]1(C)CN(C(=O)C(c1ccccc1)C13CC4CC(CC(C4)C1)C3)C2. The maximum Gasteiger partial charge on any atom is 0.230 e. The molecule has 3 atom stereocenters. The highest BCUT2D eigenvalue weighted by atomic mass is 16.2. The maximum atomic E-state index is 14.4. The van der Waals surface area contributed by atoms with Crippen LogP contribution in [-0.2, 0) is 4.79 Å². The zero-order valence-corrected chi connectivity index (χ0v) is 19.2. The molecule has 5 saturated carbocycles. The summed E-state index contributed by atoms with van der Waals surface area (Å²) in [6.45, 7) is 9.32. The van der Waals surface area contributed by atoms with Crippen molar-refractivity contribution in [2.45, 2.75) is 78.1 Å². The number of carbonyl (C=O) groups is 1. The standard InChI is InChI=1S/C28H39NO/c1-26(2)23-9-10-27(26,3)18-29(17-23)25(30)24(22-7-5-4-6-8-22)28-14-19-11-20(15-28)13-21(12-19)16-28/h4-8,19-21,23-24H,9-18H2,1-3H3/t19?,20?,21?,23?,24?,27-,28?/m1/s1. The Bertz CT molecular complexity index is 806. The summed E-state index contributed by atoms with van der Waals surface area (Å²) in [5.41, 5.74) is 2.15. The van der Waals surface area contributed by atoms with Gasteiger partial charge < -0.3 is 4.90 Å². The molecule has 6 bridgehead atoms. The molecule has 2 nitrogen and oxygen atoms in total. The van der Waals surface area contributed by atoms with Gasteiger partial charge in [-0.3, -0.25) is 4.79 Å². The molecule has 7 rings (SSSR count). The van der Waals surface area contributed by atoms with Crippen molar-refractivity contribution < 1.29 is 4.79 Å². The predicted molar refractivity (Wildman–Crippen MR) is 121 cm³/mol. The topological polar surface area (TPSA) is 20.3 Å². The average molecular weight is 406 g/mol. The number of rotatable bonds is 3. The van der Waals surface area contributed by atoms with Crippen LogP contribution in [0.5, 0.6) is 0 Å². The first kappa shape index (κ1) is 19.4. The van der Waals surface area contributed by atoms with Crippen LogP contribution >= 0.6 is 0 Å². The van der Waals surface area contributed by atoms with Gasteiger partial charge >= 0.3 is 0 Å². The molecule has 30 heavy (non-hydrogen) atoms. The van der Waals surface area contributed by atoms with Gasteiger partial charge in [-0.05, 0) is 96.8 Å². The second-order valence-electron chi connectivity index (χ2n) is 12.9. The highest BCUT2D eigenvalue weighted by Gasteiger charge is 2.60. The lowest BCUT2D eigenvalue weighted by Gasteiger charge is -2.60. The summed E-state index contributed by atoms with van der Waals surface area (Å²) in [6, 6.07) is 10.9. The van der Waals surface area contributed by atoms with Gasteiger partial charge in [-0.2, -0.15) is 0 Å². The van der Waals surface area contributed by atoms with Gasteiger partial charge in [0.05, 0.1) is 5.92 Å². The third kappa shape index (κ3) is 2.64. The molecule has 6 fully saturated rings. The Balaban J connectivity index is 1.37. The van der Waals surface area contributed by atoms with E-state index in [0.29, 0.717) is 17.2 Å². The van der Waals surface area contributed by atoms with Crippen molar-refractivity contribution >= 4 is 5.91 Å². The lowest BCUT2D eigenvalue weighted by atomic mass is 9.45. The minimum absolute atomic E-state index is 0.0799. The van der Waals surface area contributed by atoms with Crippen LogP contribution in [0.25, 0.3) is 0 Å². The fraction of sp³-hybridized carbons (Fsp3) is 0.750. The zero-order chi connectivity index (χ0) is 20.7. The first-order valence-corrected chi connectivity index (χ1v) is 12.6. The Kier molecular flexibility index (Phi) is 4.11. The molecule has 2 unspecified atom stereocenters. The molecule has 2 heteroatoms. The fourth-order valence-corrected chi connectivity index (χ4v) is 9.31. The average Bonchev–Trinajstić information content (AvgIpc) is 2.82. The summed E-state index contributed by atoms with van der Waals surface area (Å²) < 4.78 is 0. The molecule has 0 aromatic heterocycles. The molecule has 5 aliphatic carbocycles. The molecular weight excluding hydrogens is 366 g/mol. The first-order chi connectivity index (χ1) is 14.3. The molecule has 1 saturated heterocycles. The summed E-state index contributed by atoms with van der Waals surface area (Å²) in [6.07, 6.45) is 10.8. The monoisotopic (exact) mass is 405 g/mol. The third-order valence-electron chi connectivity index (χ3n) is 11.0. The first-order valence-electron chi connectivity index (χ1n) is 12.6. The smallest absolute Gasteiger partial charge is 0.230 e. The summed E-state index contributed by atoms with van der Waals surface area (Å²) >= 11 is 0. The quantitative estimate of drug-likeness (QED) is 0.580. The molecule has 1 aromatic rings. The second-order valence-corrected chi connectivity index (χ2v) is 12.9. The van der Waals surface area contributed by atoms with E-state index in [0.717, 1.165) is 30.8 Å². The van der Waals surface area contributed by atoms with Crippen molar-refractivity contribution in [3.8, 4) is 0 Å². The van der Waals surface area contributed by atoms with Crippen LogP contribution in [0.2, 0.25) is 0 Å². The molecule has 0 radical (unpaired) electrons. The molecule has 1 aromatic carbocycles. The minimum atomic E-state index is 0.0799. The van der Waals surface area contributed by atoms with Gasteiger partial charge in [0.15, 0.2) is 0 Å². The second kappa shape index (κ2) is 6.36. The van der Waals surface area contributed by atoms with Crippen LogP contribution in [0.15, 0.2) is 30.3 Å². The lowest BCUT2D eigenvalue weighted by molar-refractivity contribution is -0.151. The zero-order valence-electron chi connectivity index (χ0n) is 19.2. The van der Waals surface area contributed by atoms with E-state index in [1.807, 2.05) is 0 Å². The number of piperidine rings is 1. The van der Waals surface area contributed by atoms with Crippen LogP contribution in [0.4, 0.5) is 0 Å². The van der Waals surface area contributed by atoms with Crippen LogP contribution in [0.1, 0.15) is 83.6 Å². The lowest BCUT2D eigenvalue weighted by Crippen LogP contribution is -2.58. The van der Waals surface area contributed by atoms with Crippen molar-refractivity contribution in [3.63, 3.8) is 0 Å². The van der Waals surface area contributed by atoms with Crippen molar-refractivity contribution in [1.29, 1.82) is 0 Å². The Morgan fingerprint density at radius 2 is 1.57 bits per heavy atom. The van der Waals surface area contributed by atoms with Crippen molar-refractivity contribution in [3.05, 3.63) is 35.9 Å². The van der Waals surface area contributed by atoms with Gasteiger partial charge in [0.25, 0.3) is 0 Å². The van der Waals surface area contributed by atoms with Crippen molar-refractivity contribution in [2.75, 3.05) is 13.1 Å². The van der Waals surface area contributed by atoms with E-state index in [1.165, 1.54) is 56.9 Å². The molecule has 0 N–H and O–H groups in total. The number of benzene rings is 1.